The molecule has 1 saturated heterocycles. The molecule has 2 rings (SSSR count). The van der Waals surface area contributed by atoms with Crippen LogP contribution in [0.1, 0.15) is 61.6 Å². The number of hydrogen-bond acceptors (Lipinski definition) is 17. The number of phosphoric ester groups is 1. The Morgan fingerprint density at radius 3 is 1.96 bits per heavy atom. The molecule has 0 saturated carbocycles. The fourth-order valence-corrected chi connectivity index (χ4v) is 5.02. The van der Waals surface area contributed by atoms with Crippen LogP contribution in [0.2, 0.25) is 0 Å². The van der Waals surface area contributed by atoms with Gasteiger partial charge in [0.15, 0.2) is 18.6 Å². The molecule has 19 nitrogen and oxygen atoms in total. The van der Waals surface area contributed by atoms with Crippen molar-refractivity contribution in [1.82, 2.24) is 9.13 Å². The minimum Gasteiger partial charge on any atom is -0.443 e. The van der Waals surface area contributed by atoms with Crippen molar-refractivity contribution < 1.29 is 75.5 Å². The monoisotopic (exact) mass is 730 g/mol. The van der Waals surface area contributed by atoms with Crippen molar-refractivity contribution in [2.45, 2.75) is 97.9 Å². The van der Waals surface area contributed by atoms with Crippen molar-refractivity contribution in [2.24, 2.45) is 11.8 Å². The quantitative estimate of drug-likeness (QED) is 0.101. The maximum absolute atomic E-state index is 14.7. The fraction of sp³-hybridized carbons (Fsp3) is 0.750. The van der Waals surface area contributed by atoms with Crippen LogP contribution in [-0.2, 0) is 58.1 Å². The molecule has 0 aromatic carbocycles. The molecule has 280 valence electrons. The van der Waals surface area contributed by atoms with Crippen LogP contribution in [-0.4, -0.2) is 94.0 Å². The summed E-state index contributed by atoms with van der Waals surface area (Å²) in [5.74, 6) is -1.36. The number of carbonyl (C=O) groups excluding carboxylic acids is 3. The van der Waals surface area contributed by atoms with E-state index in [2.05, 4.69) is 9.47 Å². The summed E-state index contributed by atoms with van der Waals surface area (Å²) in [6.45, 7) is 6.33. The second-order valence-corrected chi connectivity index (χ2v) is 13.7. The van der Waals surface area contributed by atoms with Crippen molar-refractivity contribution in [3.63, 3.8) is 0 Å². The molecule has 2 heterocycles. The second kappa shape index (κ2) is 17.5. The third kappa shape index (κ3) is 11.1. The normalized spacial score (nSPS) is 23.1. The zero-order valence-corrected chi connectivity index (χ0v) is 29.3. The minimum atomic E-state index is -4.99. The molecule has 5 atom stereocenters. The largest absolute Gasteiger partial charge is 0.510 e. The average molecular weight is 731 g/mol. The number of halogens is 1. The summed E-state index contributed by atoms with van der Waals surface area (Å²) in [7, 11) is -4.99. The highest BCUT2D eigenvalue weighted by Gasteiger charge is 2.63. The lowest BCUT2D eigenvalue weighted by Crippen LogP contribution is -2.53. The first kappa shape index (κ1) is 41.8. The zero-order valence-electron chi connectivity index (χ0n) is 28.4. The molecule has 1 aliphatic rings. The summed E-state index contributed by atoms with van der Waals surface area (Å²) in [5, 5.41) is 22.3. The molecular formula is C28H44FN2O17P. The van der Waals surface area contributed by atoms with Gasteiger partial charge in [-0.05, 0) is 40.5 Å². The van der Waals surface area contributed by atoms with Crippen molar-refractivity contribution in [2.75, 3.05) is 26.9 Å². The molecule has 0 radical (unpaired) electrons. The molecule has 0 aliphatic carbocycles. The van der Waals surface area contributed by atoms with Crippen LogP contribution < -0.4 is 11.2 Å². The van der Waals surface area contributed by atoms with Gasteiger partial charge in [-0.25, -0.2) is 37.0 Å². The van der Waals surface area contributed by atoms with Crippen LogP contribution >= 0.6 is 7.82 Å². The van der Waals surface area contributed by atoms with E-state index in [-0.39, 0.29) is 5.92 Å². The molecular weight excluding hydrogens is 686 g/mol. The molecule has 21 heteroatoms. The van der Waals surface area contributed by atoms with E-state index in [4.69, 9.17) is 32.5 Å². The van der Waals surface area contributed by atoms with Crippen LogP contribution in [0, 0.1) is 11.8 Å². The van der Waals surface area contributed by atoms with E-state index in [0.29, 0.717) is 9.13 Å². The number of nitrogens with zero attached hydrogens (tertiary/aromatic N) is 2. The molecule has 1 fully saturated rings. The highest BCUT2D eigenvalue weighted by molar-refractivity contribution is 7.48. The van der Waals surface area contributed by atoms with Crippen LogP contribution in [0.4, 0.5) is 14.0 Å². The van der Waals surface area contributed by atoms with Gasteiger partial charge in [-0.15, -0.1) is 0 Å². The number of ether oxygens (including phenoxy) is 6. The van der Waals surface area contributed by atoms with E-state index < -0.39 is 113 Å². The van der Waals surface area contributed by atoms with Crippen LogP contribution in [0.25, 0.3) is 0 Å². The Hall–Kier alpha value is -3.39. The summed E-state index contributed by atoms with van der Waals surface area (Å²) in [4.78, 5) is 61.6. The van der Waals surface area contributed by atoms with E-state index in [9.17, 15) is 43.1 Å². The van der Waals surface area contributed by atoms with Crippen molar-refractivity contribution in [3.8, 4) is 0 Å². The van der Waals surface area contributed by atoms with Gasteiger partial charge in [-0.1, -0.05) is 20.8 Å². The fourth-order valence-electron chi connectivity index (χ4n) is 4.06. The lowest BCUT2D eigenvalue weighted by molar-refractivity contribution is -0.154. The smallest absolute Gasteiger partial charge is 0.443 e. The van der Waals surface area contributed by atoms with E-state index in [1.807, 2.05) is 0 Å². The third-order valence-corrected chi connectivity index (χ3v) is 8.37. The highest BCUT2D eigenvalue weighted by atomic mass is 31.2. The van der Waals surface area contributed by atoms with Gasteiger partial charge in [0.05, 0.1) is 24.7 Å². The van der Waals surface area contributed by atoms with Gasteiger partial charge in [0.25, 0.3) is 5.56 Å². The average Bonchev–Trinajstić information content (AvgIpc) is 3.19. The Kier molecular flexibility index (Phi) is 14.9. The number of hydrogen-bond donors (Lipinski definition) is 2. The van der Waals surface area contributed by atoms with Gasteiger partial charge in [0.1, 0.15) is 18.4 Å². The number of aliphatic hydroxyl groups excluding tert-OH is 1. The van der Waals surface area contributed by atoms with E-state index in [1.165, 1.54) is 27.7 Å². The van der Waals surface area contributed by atoms with E-state index in [0.717, 1.165) is 19.2 Å². The number of rotatable bonds is 17. The summed E-state index contributed by atoms with van der Waals surface area (Å²) >= 11 is 0. The molecule has 0 bridgehead atoms. The first-order valence-electron chi connectivity index (χ1n) is 15.0. The molecule has 1 aromatic heterocycles. The lowest BCUT2D eigenvalue weighted by Gasteiger charge is -2.31. The number of alkyl halides is 1. The minimum absolute atomic E-state index is 0.106. The predicted octanol–water partition coefficient (Wildman–Crippen LogP) is 2.35. The Balaban J connectivity index is 2.33. The van der Waals surface area contributed by atoms with Gasteiger partial charge in [0, 0.05) is 12.3 Å². The topological polar surface area (TPSA) is 236 Å². The Labute approximate surface area is 280 Å². The van der Waals surface area contributed by atoms with E-state index >= 15 is 0 Å². The van der Waals surface area contributed by atoms with E-state index in [1.54, 1.807) is 20.8 Å². The van der Waals surface area contributed by atoms with Gasteiger partial charge in [-0.3, -0.25) is 18.7 Å². The SMILES string of the molecule is CC(C)OC(=O)OCOP(=O)(OCOC(=O)OC(C)C)OC[C@@]1(CF)O[C@@H](n2ccc(=O)n(COC(=O)C(C)C(C)C)c2=O)[C@](C)(O)[C@@H]1O. The molecule has 1 aliphatic heterocycles. The van der Waals surface area contributed by atoms with Gasteiger partial charge >= 0.3 is 31.8 Å². The molecule has 0 amide bonds. The van der Waals surface area contributed by atoms with Crippen LogP contribution in [0.5, 0.6) is 0 Å². The maximum atomic E-state index is 14.7. The van der Waals surface area contributed by atoms with Crippen LogP contribution in [0.15, 0.2) is 21.9 Å². The van der Waals surface area contributed by atoms with Gasteiger partial charge < -0.3 is 38.6 Å². The number of phosphoric acid groups is 1. The summed E-state index contributed by atoms with van der Waals surface area (Å²) in [6.07, 6.45) is -6.86. The van der Waals surface area contributed by atoms with Crippen molar-refractivity contribution in [3.05, 3.63) is 33.1 Å². The standard InChI is InChI=1S/C28H44FN2O17P/c1-16(2)19(7)21(33)40-13-31-20(32)9-10-30(24(31)35)23-27(8,38)22(34)28(11-29,48-23)12-43-49(39,44-14-41-25(36)46-17(3)4)45-15-42-26(37)47-18(5)6/h9-10,16-19,22-23,34,38H,11-15H2,1-8H3/t19?,22-,23+,27+,28+/m0/s1. The molecule has 2 N–H and O–H groups in total. The Bertz CT molecular complexity index is 1430. The predicted molar refractivity (Wildman–Crippen MR) is 161 cm³/mol. The number of carbonyl (C=O) groups is 3. The van der Waals surface area contributed by atoms with Gasteiger partial charge in [0.2, 0.25) is 13.6 Å². The zero-order chi connectivity index (χ0) is 37.3. The molecule has 1 aromatic rings. The molecule has 49 heavy (non-hydrogen) atoms. The molecule has 0 spiro atoms. The number of esters is 1. The summed E-state index contributed by atoms with van der Waals surface area (Å²) in [6, 6.07) is 0.878. The van der Waals surface area contributed by atoms with Crippen molar-refractivity contribution in [1.29, 1.82) is 0 Å². The maximum Gasteiger partial charge on any atom is 0.510 e. The number of aromatic nitrogens is 2. The first-order chi connectivity index (χ1) is 22.7. The highest BCUT2D eigenvalue weighted by Crippen LogP contribution is 2.52. The summed E-state index contributed by atoms with van der Waals surface area (Å²) < 4.78 is 73.9. The second-order valence-electron chi connectivity index (χ2n) is 12.0. The van der Waals surface area contributed by atoms with Crippen LogP contribution in [0.3, 0.4) is 0 Å². The van der Waals surface area contributed by atoms with Crippen molar-refractivity contribution >= 4 is 26.1 Å². The Morgan fingerprint density at radius 2 is 1.49 bits per heavy atom. The van der Waals surface area contributed by atoms with Gasteiger partial charge in [-0.2, -0.15) is 0 Å². The number of aliphatic hydroxyl groups is 2. The lowest BCUT2D eigenvalue weighted by atomic mass is 9.88. The molecule has 1 unspecified atom stereocenters. The first-order valence-corrected chi connectivity index (χ1v) is 16.5. The summed E-state index contributed by atoms with van der Waals surface area (Å²) in [5.41, 5.74) is -7.12. The Morgan fingerprint density at radius 1 is 0.959 bits per heavy atom. The third-order valence-electron chi connectivity index (χ3n) is 7.09.